The van der Waals surface area contributed by atoms with Crippen LogP contribution in [0.25, 0.3) is 0 Å². The molecule has 1 aromatic heterocycles. The molecule has 1 unspecified atom stereocenters. The predicted octanol–water partition coefficient (Wildman–Crippen LogP) is 3.60. The van der Waals surface area contributed by atoms with Crippen LogP contribution in [0.15, 0.2) is 35.7 Å². The fraction of sp³-hybridized carbons (Fsp3) is 0.438. The van der Waals surface area contributed by atoms with Gasteiger partial charge in [-0.25, -0.2) is 4.98 Å². The van der Waals surface area contributed by atoms with Crippen LogP contribution in [0.4, 0.5) is 0 Å². The molecule has 0 bridgehead atoms. The molecule has 0 aliphatic rings. The number of hydrogen-bond acceptors (Lipinski definition) is 3. The van der Waals surface area contributed by atoms with Crippen LogP contribution in [0.3, 0.4) is 0 Å². The molecule has 1 heterocycles. The Morgan fingerprint density at radius 2 is 2.05 bits per heavy atom. The Morgan fingerprint density at radius 3 is 2.68 bits per heavy atom. The third-order valence-corrected chi connectivity index (χ3v) is 4.12. The molecule has 102 valence electrons. The van der Waals surface area contributed by atoms with Crippen LogP contribution < -0.4 is 5.32 Å². The second-order valence-corrected chi connectivity index (χ2v) is 5.92. The van der Waals surface area contributed by atoms with E-state index in [9.17, 15) is 0 Å². The molecule has 0 amide bonds. The average Bonchev–Trinajstić information content (AvgIpc) is 2.84. The van der Waals surface area contributed by atoms with Crippen molar-refractivity contribution in [1.29, 1.82) is 0 Å². The van der Waals surface area contributed by atoms with E-state index >= 15 is 0 Å². The van der Waals surface area contributed by atoms with Gasteiger partial charge in [0.1, 0.15) is 0 Å². The van der Waals surface area contributed by atoms with Gasteiger partial charge in [-0.1, -0.05) is 37.3 Å². The summed E-state index contributed by atoms with van der Waals surface area (Å²) in [5.74, 6) is 0. The summed E-state index contributed by atoms with van der Waals surface area (Å²) in [6, 6.07) is 11.3. The van der Waals surface area contributed by atoms with E-state index in [1.807, 2.05) is 0 Å². The van der Waals surface area contributed by atoms with E-state index in [0.29, 0.717) is 6.04 Å². The van der Waals surface area contributed by atoms with E-state index in [1.165, 1.54) is 11.3 Å². The SMILES string of the molecule is CCC(Cc1ccccc1)NCCc1csc(C)n1. The third-order valence-electron chi connectivity index (χ3n) is 3.30. The standard InChI is InChI=1S/C16H22N2S/c1-3-15(11-14-7-5-4-6-8-14)17-10-9-16-12-19-13(2)18-16/h4-8,12,15,17H,3,9-11H2,1-2H3. The summed E-state index contributed by atoms with van der Waals surface area (Å²) in [6.07, 6.45) is 3.29. The van der Waals surface area contributed by atoms with Gasteiger partial charge in [-0.05, 0) is 25.3 Å². The highest BCUT2D eigenvalue weighted by atomic mass is 32.1. The number of nitrogens with zero attached hydrogens (tertiary/aromatic N) is 1. The minimum atomic E-state index is 0.558. The van der Waals surface area contributed by atoms with Crippen molar-refractivity contribution in [3.8, 4) is 0 Å². The van der Waals surface area contributed by atoms with Crippen LogP contribution in [0.5, 0.6) is 0 Å². The molecule has 1 aromatic carbocycles. The van der Waals surface area contributed by atoms with Crippen molar-refractivity contribution < 1.29 is 0 Å². The van der Waals surface area contributed by atoms with Gasteiger partial charge in [0.2, 0.25) is 0 Å². The summed E-state index contributed by atoms with van der Waals surface area (Å²) in [7, 11) is 0. The Bertz CT molecular complexity index is 479. The molecular weight excluding hydrogens is 252 g/mol. The summed E-state index contributed by atoms with van der Waals surface area (Å²) >= 11 is 1.73. The smallest absolute Gasteiger partial charge is 0.0897 e. The van der Waals surface area contributed by atoms with Crippen LogP contribution >= 0.6 is 11.3 Å². The molecule has 19 heavy (non-hydrogen) atoms. The summed E-state index contributed by atoms with van der Waals surface area (Å²) in [5.41, 5.74) is 2.62. The Morgan fingerprint density at radius 1 is 1.26 bits per heavy atom. The number of rotatable bonds is 7. The van der Waals surface area contributed by atoms with E-state index in [4.69, 9.17) is 0 Å². The zero-order valence-electron chi connectivity index (χ0n) is 11.7. The van der Waals surface area contributed by atoms with E-state index in [1.54, 1.807) is 11.3 Å². The first kappa shape index (κ1) is 14.2. The maximum Gasteiger partial charge on any atom is 0.0897 e. The number of aromatic nitrogens is 1. The first-order chi connectivity index (χ1) is 9.28. The maximum atomic E-state index is 4.50. The molecule has 0 spiro atoms. The van der Waals surface area contributed by atoms with Crippen molar-refractivity contribution in [2.45, 2.75) is 39.2 Å². The van der Waals surface area contributed by atoms with Gasteiger partial charge in [0.15, 0.2) is 0 Å². The van der Waals surface area contributed by atoms with Gasteiger partial charge in [-0.3, -0.25) is 0 Å². The molecule has 0 aliphatic heterocycles. The molecule has 0 fully saturated rings. The van der Waals surface area contributed by atoms with Gasteiger partial charge in [0.25, 0.3) is 0 Å². The van der Waals surface area contributed by atoms with Gasteiger partial charge in [-0.15, -0.1) is 11.3 Å². The Kier molecular flexibility index (Phi) is 5.55. The molecule has 1 atom stereocenters. The highest BCUT2D eigenvalue weighted by Gasteiger charge is 2.07. The second-order valence-electron chi connectivity index (χ2n) is 4.86. The van der Waals surface area contributed by atoms with Gasteiger partial charge in [-0.2, -0.15) is 0 Å². The summed E-state index contributed by atoms with van der Waals surface area (Å²) in [4.78, 5) is 4.50. The lowest BCUT2D eigenvalue weighted by Gasteiger charge is -2.16. The predicted molar refractivity (Wildman–Crippen MR) is 82.8 cm³/mol. The lowest BCUT2D eigenvalue weighted by atomic mass is 10.0. The van der Waals surface area contributed by atoms with Crippen LogP contribution in [-0.4, -0.2) is 17.6 Å². The molecule has 2 aromatic rings. The number of thiazole rings is 1. The third kappa shape index (κ3) is 4.77. The molecule has 1 N–H and O–H groups in total. The van der Waals surface area contributed by atoms with Crippen molar-refractivity contribution >= 4 is 11.3 Å². The molecule has 0 saturated heterocycles. The largest absolute Gasteiger partial charge is 0.313 e. The van der Waals surface area contributed by atoms with Gasteiger partial charge >= 0.3 is 0 Å². The zero-order valence-corrected chi connectivity index (χ0v) is 12.5. The van der Waals surface area contributed by atoms with Crippen molar-refractivity contribution in [3.05, 3.63) is 52.0 Å². The van der Waals surface area contributed by atoms with E-state index in [-0.39, 0.29) is 0 Å². The normalized spacial score (nSPS) is 12.5. The van der Waals surface area contributed by atoms with Crippen molar-refractivity contribution in [2.24, 2.45) is 0 Å². The number of hydrogen-bond donors (Lipinski definition) is 1. The molecule has 0 radical (unpaired) electrons. The monoisotopic (exact) mass is 274 g/mol. The quantitative estimate of drug-likeness (QED) is 0.834. The lowest BCUT2D eigenvalue weighted by Crippen LogP contribution is -2.32. The van der Waals surface area contributed by atoms with Gasteiger partial charge in [0, 0.05) is 24.4 Å². The minimum Gasteiger partial charge on any atom is -0.313 e. The van der Waals surface area contributed by atoms with Crippen LogP contribution in [0.2, 0.25) is 0 Å². The van der Waals surface area contributed by atoms with E-state index < -0.39 is 0 Å². The van der Waals surface area contributed by atoms with Crippen LogP contribution in [0.1, 0.15) is 29.6 Å². The molecule has 0 aliphatic carbocycles. The second kappa shape index (κ2) is 7.41. The highest BCUT2D eigenvalue weighted by molar-refractivity contribution is 7.09. The summed E-state index contributed by atoms with van der Waals surface area (Å²) in [5, 5.41) is 6.96. The molecule has 3 heteroatoms. The number of aryl methyl sites for hydroxylation is 1. The first-order valence-electron chi connectivity index (χ1n) is 6.96. The van der Waals surface area contributed by atoms with Crippen molar-refractivity contribution in [1.82, 2.24) is 10.3 Å². The topological polar surface area (TPSA) is 24.9 Å². The van der Waals surface area contributed by atoms with Crippen molar-refractivity contribution in [3.63, 3.8) is 0 Å². The van der Waals surface area contributed by atoms with Gasteiger partial charge in [0.05, 0.1) is 10.7 Å². The fourth-order valence-corrected chi connectivity index (χ4v) is 2.83. The van der Waals surface area contributed by atoms with E-state index in [2.05, 4.69) is 59.9 Å². The molecule has 0 saturated carbocycles. The number of nitrogens with one attached hydrogen (secondary N) is 1. The lowest BCUT2D eigenvalue weighted by molar-refractivity contribution is 0.497. The Balaban J connectivity index is 1.76. The molecule has 2 nitrogen and oxygen atoms in total. The fourth-order valence-electron chi connectivity index (χ4n) is 2.19. The minimum absolute atomic E-state index is 0.558. The van der Waals surface area contributed by atoms with Gasteiger partial charge < -0.3 is 5.32 Å². The Labute approximate surface area is 119 Å². The number of benzene rings is 1. The Hall–Kier alpha value is -1.19. The van der Waals surface area contributed by atoms with E-state index in [0.717, 1.165) is 30.8 Å². The highest BCUT2D eigenvalue weighted by Crippen LogP contribution is 2.09. The molecule has 2 rings (SSSR count). The first-order valence-corrected chi connectivity index (χ1v) is 7.84. The maximum absolute atomic E-state index is 4.50. The molecular formula is C16H22N2S. The van der Waals surface area contributed by atoms with Crippen LogP contribution in [-0.2, 0) is 12.8 Å². The van der Waals surface area contributed by atoms with Crippen molar-refractivity contribution in [2.75, 3.05) is 6.54 Å². The zero-order chi connectivity index (χ0) is 13.5. The average molecular weight is 274 g/mol. The summed E-state index contributed by atoms with van der Waals surface area (Å²) < 4.78 is 0. The summed E-state index contributed by atoms with van der Waals surface area (Å²) in [6.45, 7) is 5.31. The van der Waals surface area contributed by atoms with Crippen LogP contribution in [0, 0.1) is 6.92 Å².